The smallest absolute Gasteiger partial charge is 0.134 e. The van der Waals surface area contributed by atoms with Crippen molar-refractivity contribution in [2.24, 2.45) is 0 Å². The fourth-order valence-corrected chi connectivity index (χ4v) is 3.29. The van der Waals surface area contributed by atoms with Crippen LogP contribution in [0, 0.1) is 18.6 Å². The number of rotatable bonds is 3. The molecule has 0 saturated heterocycles. The Morgan fingerprint density at radius 2 is 1.75 bits per heavy atom. The van der Waals surface area contributed by atoms with Gasteiger partial charge in [0.1, 0.15) is 17.4 Å². The monoisotopic (exact) mass is 404 g/mol. The van der Waals surface area contributed by atoms with Gasteiger partial charge in [-0.3, -0.25) is 0 Å². The van der Waals surface area contributed by atoms with E-state index in [9.17, 15) is 8.78 Å². The van der Waals surface area contributed by atoms with E-state index in [0.717, 1.165) is 15.6 Å². The Morgan fingerprint density at radius 3 is 2.30 bits per heavy atom. The van der Waals surface area contributed by atoms with Gasteiger partial charge < -0.3 is 4.74 Å². The van der Waals surface area contributed by atoms with Crippen LogP contribution in [0.1, 0.15) is 21.5 Å². The molecule has 0 heterocycles. The van der Waals surface area contributed by atoms with Crippen molar-refractivity contribution in [3.05, 3.63) is 63.1 Å². The van der Waals surface area contributed by atoms with Gasteiger partial charge >= 0.3 is 0 Å². The fourth-order valence-electron chi connectivity index (χ4n) is 1.98. The van der Waals surface area contributed by atoms with Gasteiger partial charge in [0.2, 0.25) is 0 Å². The molecule has 0 spiro atoms. The average molecular weight is 406 g/mol. The van der Waals surface area contributed by atoms with E-state index in [4.69, 9.17) is 4.74 Å². The van der Waals surface area contributed by atoms with Crippen molar-refractivity contribution in [2.45, 2.75) is 11.8 Å². The Balaban J connectivity index is 2.54. The van der Waals surface area contributed by atoms with Gasteiger partial charge in [-0.15, -0.1) is 0 Å². The van der Waals surface area contributed by atoms with Gasteiger partial charge in [-0.05, 0) is 24.1 Å². The van der Waals surface area contributed by atoms with Crippen LogP contribution in [-0.2, 0) is 0 Å². The summed E-state index contributed by atoms with van der Waals surface area (Å²) >= 11 is 6.80. The maximum atomic E-state index is 14.1. The standard InChI is InChI=1S/C15H12Br2F2O/c1-8-10(4-3-5-11(8)16)15(17)14-12(18)6-9(20-2)7-13(14)19/h3-7,15H,1-2H3. The first kappa shape index (κ1) is 15.4. The lowest BCUT2D eigenvalue weighted by Crippen LogP contribution is -2.03. The Kier molecular flexibility index (Phi) is 4.81. The van der Waals surface area contributed by atoms with Crippen molar-refractivity contribution in [3.8, 4) is 5.75 Å². The molecule has 5 heteroatoms. The first-order valence-electron chi connectivity index (χ1n) is 5.87. The van der Waals surface area contributed by atoms with Crippen molar-refractivity contribution in [1.82, 2.24) is 0 Å². The Labute approximate surface area is 133 Å². The molecule has 1 unspecified atom stereocenters. The first-order chi connectivity index (χ1) is 9.45. The lowest BCUT2D eigenvalue weighted by molar-refractivity contribution is 0.405. The molecule has 2 aromatic rings. The van der Waals surface area contributed by atoms with Gasteiger partial charge in [0.25, 0.3) is 0 Å². The molecule has 0 amide bonds. The molecule has 0 N–H and O–H groups in total. The molecule has 1 nitrogen and oxygen atoms in total. The van der Waals surface area contributed by atoms with Crippen LogP contribution in [-0.4, -0.2) is 7.11 Å². The summed E-state index contributed by atoms with van der Waals surface area (Å²) in [6.45, 7) is 1.90. The van der Waals surface area contributed by atoms with E-state index in [0.29, 0.717) is 0 Å². The summed E-state index contributed by atoms with van der Waals surface area (Å²) in [5.41, 5.74) is 1.72. The van der Waals surface area contributed by atoms with Crippen molar-refractivity contribution < 1.29 is 13.5 Å². The molecule has 0 radical (unpaired) electrons. The van der Waals surface area contributed by atoms with Gasteiger partial charge in [0.15, 0.2) is 0 Å². The second kappa shape index (κ2) is 6.22. The number of ether oxygens (including phenoxy) is 1. The van der Waals surface area contributed by atoms with Gasteiger partial charge in [-0.1, -0.05) is 44.0 Å². The van der Waals surface area contributed by atoms with Crippen LogP contribution in [0.3, 0.4) is 0 Å². The van der Waals surface area contributed by atoms with E-state index in [-0.39, 0.29) is 11.3 Å². The highest BCUT2D eigenvalue weighted by atomic mass is 79.9. The van der Waals surface area contributed by atoms with Gasteiger partial charge in [-0.2, -0.15) is 0 Å². The molecule has 0 bridgehead atoms. The van der Waals surface area contributed by atoms with E-state index < -0.39 is 16.5 Å². The van der Waals surface area contributed by atoms with Crippen LogP contribution in [0.4, 0.5) is 8.78 Å². The van der Waals surface area contributed by atoms with Crippen LogP contribution < -0.4 is 4.74 Å². The third-order valence-corrected chi connectivity index (χ3v) is 4.93. The quantitative estimate of drug-likeness (QED) is 0.610. The summed E-state index contributed by atoms with van der Waals surface area (Å²) in [5, 5.41) is 0. The van der Waals surface area contributed by atoms with Crippen LogP contribution in [0.2, 0.25) is 0 Å². The van der Waals surface area contributed by atoms with E-state index in [1.165, 1.54) is 19.2 Å². The molecule has 0 saturated carbocycles. The third kappa shape index (κ3) is 2.88. The highest BCUT2D eigenvalue weighted by Gasteiger charge is 2.22. The summed E-state index contributed by atoms with van der Waals surface area (Å²) < 4.78 is 34.0. The summed E-state index contributed by atoms with van der Waals surface area (Å²) in [6, 6.07) is 7.92. The number of alkyl halides is 1. The van der Waals surface area contributed by atoms with Crippen LogP contribution >= 0.6 is 31.9 Å². The minimum absolute atomic E-state index is 0.0213. The minimum atomic E-state index is -0.636. The lowest BCUT2D eigenvalue weighted by Gasteiger charge is -2.16. The van der Waals surface area contributed by atoms with Crippen molar-refractivity contribution in [3.63, 3.8) is 0 Å². The number of halogens is 4. The van der Waals surface area contributed by atoms with Crippen LogP contribution in [0.25, 0.3) is 0 Å². The number of benzene rings is 2. The zero-order valence-corrected chi connectivity index (χ0v) is 14.1. The Morgan fingerprint density at radius 1 is 1.15 bits per heavy atom. The van der Waals surface area contributed by atoms with E-state index in [2.05, 4.69) is 31.9 Å². The molecule has 0 aliphatic rings. The molecule has 0 aliphatic heterocycles. The lowest BCUT2D eigenvalue weighted by atomic mass is 9.99. The molecular weight excluding hydrogens is 394 g/mol. The predicted molar refractivity (Wildman–Crippen MR) is 82.6 cm³/mol. The molecule has 0 fully saturated rings. The minimum Gasteiger partial charge on any atom is -0.497 e. The van der Waals surface area contributed by atoms with E-state index in [1.54, 1.807) is 0 Å². The largest absolute Gasteiger partial charge is 0.497 e. The van der Waals surface area contributed by atoms with Crippen molar-refractivity contribution >= 4 is 31.9 Å². The summed E-state index contributed by atoms with van der Waals surface area (Å²) in [7, 11) is 1.37. The SMILES string of the molecule is COc1cc(F)c(C(Br)c2cccc(Br)c2C)c(F)c1. The molecule has 0 aromatic heterocycles. The van der Waals surface area contributed by atoms with Crippen molar-refractivity contribution in [2.75, 3.05) is 7.11 Å². The zero-order chi connectivity index (χ0) is 14.9. The molecule has 106 valence electrons. The normalized spacial score (nSPS) is 12.3. The highest BCUT2D eigenvalue weighted by molar-refractivity contribution is 9.10. The fraction of sp³-hybridized carbons (Fsp3) is 0.200. The summed E-state index contributed by atoms with van der Waals surface area (Å²) in [5.74, 6) is -1.11. The summed E-state index contributed by atoms with van der Waals surface area (Å²) in [4.78, 5) is -0.564. The maximum Gasteiger partial charge on any atom is 0.134 e. The molecular formula is C15H12Br2F2O. The molecule has 2 aromatic carbocycles. The van der Waals surface area contributed by atoms with Crippen LogP contribution in [0.15, 0.2) is 34.8 Å². The Bertz CT molecular complexity index is 621. The molecule has 0 aliphatic carbocycles. The number of methoxy groups -OCH3 is 1. The van der Waals surface area contributed by atoms with Gasteiger partial charge in [0, 0.05) is 22.2 Å². The average Bonchev–Trinajstić information content (AvgIpc) is 2.40. The van der Waals surface area contributed by atoms with Crippen LogP contribution in [0.5, 0.6) is 5.75 Å². The molecule has 2 rings (SSSR count). The molecule has 20 heavy (non-hydrogen) atoms. The van der Waals surface area contributed by atoms with E-state index >= 15 is 0 Å². The zero-order valence-electron chi connectivity index (χ0n) is 10.9. The first-order valence-corrected chi connectivity index (χ1v) is 7.58. The van der Waals surface area contributed by atoms with E-state index in [1.807, 2.05) is 25.1 Å². The number of hydrogen-bond acceptors (Lipinski definition) is 1. The number of hydrogen-bond donors (Lipinski definition) is 0. The predicted octanol–water partition coefficient (Wildman–Crippen LogP) is 5.53. The second-order valence-electron chi connectivity index (χ2n) is 4.32. The maximum absolute atomic E-state index is 14.1. The topological polar surface area (TPSA) is 9.23 Å². The molecule has 1 atom stereocenters. The summed E-state index contributed by atoms with van der Waals surface area (Å²) in [6.07, 6.45) is 0. The van der Waals surface area contributed by atoms with Crippen molar-refractivity contribution in [1.29, 1.82) is 0 Å². The third-order valence-electron chi connectivity index (χ3n) is 3.12. The highest BCUT2D eigenvalue weighted by Crippen LogP contribution is 2.38. The van der Waals surface area contributed by atoms with Gasteiger partial charge in [0.05, 0.1) is 11.9 Å². The second-order valence-corrected chi connectivity index (χ2v) is 6.09. The van der Waals surface area contributed by atoms with Gasteiger partial charge in [-0.25, -0.2) is 8.78 Å². The Hall–Kier alpha value is -0.940.